The van der Waals surface area contributed by atoms with Crippen LogP contribution in [-0.2, 0) is 6.54 Å². The van der Waals surface area contributed by atoms with E-state index in [9.17, 15) is 0 Å². The minimum atomic E-state index is 0.498. The molecule has 0 unspecified atom stereocenters. The first-order chi connectivity index (χ1) is 5.81. The largest absolute Gasteiger partial charge is 0.325 e. The van der Waals surface area contributed by atoms with Gasteiger partial charge in [0.15, 0.2) is 0 Å². The van der Waals surface area contributed by atoms with Gasteiger partial charge in [-0.3, -0.25) is 4.40 Å². The molecular weight excluding hydrogens is 265 g/mol. The molecule has 0 radical (unpaired) electrons. The predicted octanol–water partition coefficient (Wildman–Crippen LogP) is 1.40. The number of fused-ring (bicyclic) bond motifs is 1. The first-order valence-electron chi connectivity index (χ1n) is 3.64. The number of nitrogens with zero attached hydrogens (tertiary/aromatic N) is 2. The highest BCUT2D eigenvalue weighted by Gasteiger charge is 2.00. The average Bonchev–Trinajstić information content (AvgIpc) is 2.49. The molecule has 4 heteroatoms. The lowest BCUT2D eigenvalue weighted by Crippen LogP contribution is -1.95. The van der Waals surface area contributed by atoms with E-state index in [-0.39, 0.29) is 0 Å². The molecule has 2 aromatic heterocycles. The summed E-state index contributed by atoms with van der Waals surface area (Å²) in [5, 5.41) is 0. The van der Waals surface area contributed by atoms with E-state index in [2.05, 4.69) is 27.6 Å². The van der Waals surface area contributed by atoms with Gasteiger partial charge in [0, 0.05) is 12.7 Å². The Morgan fingerprint density at radius 3 is 3.00 bits per heavy atom. The molecule has 0 aliphatic heterocycles. The van der Waals surface area contributed by atoms with Gasteiger partial charge in [-0.1, -0.05) is 6.07 Å². The number of pyridine rings is 1. The maximum atomic E-state index is 5.49. The van der Waals surface area contributed by atoms with Crippen LogP contribution in [0.5, 0.6) is 0 Å². The van der Waals surface area contributed by atoms with E-state index in [0.29, 0.717) is 6.54 Å². The maximum absolute atomic E-state index is 5.49. The second-order valence-corrected chi connectivity index (χ2v) is 3.62. The van der Waals surface area contributed by atoms with Crippen LogP contribution in [0.2, 0.25) is 0 Å². The Labute approximate surface area is 83.7 Å². The van der Waals surface area contributed by atoms with Gasteiger partial charge in [0.25, 0.3) is 0 Å². The number of imidazole rings is 1. The lowest BCUT2D eigenvalue weighted by atomic mass is 10.5. The highest BCUT2D eigenvalue weighted by atomic mass is 127. The summed E-state index contributed by atoms with van der Waals surface area (Å²) in [5.74, 6) is 0. The molecule has 0 saturated heterocycles. The van der Waals surface area contributed by atoms with Crippen molar-refractivity contribution in [1.82, 2.24) is 9.38 Å². The van der Waals surface area contributed by atoms with Crippen LogP contribution >= 0.6 is 22.6 Å². The normalized spacial score (nSPS) is 10.8. The zero-order valence-electron chi connectivity index (χ0n) is 6.37. The molecule has 2 N–H and O–H groups in total. The van der Waals surface area contributed by atoms with Crippen molar-refractivity contribution in [2.24, 2.45) is 5.73 Å². The third-order valence-electron chi connectivity index (χ3n) is 1.70. The van der Waals surface area contributed by atoms with Crippen molar-refractivity contribution in [2.75, 3.05) is 0 Å². The van der Waals surface area contributed by atoms with Crippen molar-refractivity contribution < 1.29 is 0 Å². The van der Waals surface area contributed by atoms with Crippen molar-refractivity contribution in [3.05, 3.63) is 33.8 Å². The standard InChI is InChI=1S/C8H8IN3/c9-7-2-1-3-8-11-6(4-10)5-12(7)8/h1-3,5H,4,10H2. The minimum Gasteiger partial charge on any atom is -0.325 e. The second kappa shape index (κ2) is 3.02. The van der Waals surface area contributed by atoms with Gasteiger partial charge in [-0.05, 0) is 34.7 Å². The monoisotopic (exact) mass is 273 g/mol. The van der Waals surface area contributed by atoms with Gasteiger partial charge in [-0.2, -0.15) is 0 Å². The Hall–Kier alpha value is -0.620. The maximum Gasteiger partial charge on any atom is 0.137 e. The Balaban J connectivity index is 2.74. The average molecular weight is 273 g/mol. The Kier molecular flexibility index (Phi) is 2.02. The van der Waals surface area contributed by atoms with Gasteiger partial charge in [0.05, 0.1) is 9.39 Å². The quantitative estimate of drug-likeness (QED) is 0.630. The molecule has 0 aliphatic rings. The third kappa shape index (κ3) is 1.21. The van der Waals surface area contributed by atoms with Crippen molar-refractivity contribution in [3.63, 3.8) is 0 Å². The fourth-order valence-corrected chi connectivity index (χ4v) is 1.72. The van der Waals surface area contributed by atoms with Gasteiger partial charge in [-0.15, -0.1) is 0 Å². The van der Waals surface area contributed by atoms with Gasteiger partial charge in [-0.25, -0.2) is 4.98 Å². The van der Waals surface area contributed by atoms with E-state index >= 15 is 0 Å². The van der Waals surface area contributed by atoms with Crippen LogP contribution in [0.3, 0.4) is 0 Å². The number of halogens is 1. The number of hydrogen-bond donors (Lipinski definition) is 1. The SMILES string of the molecule is NCc1cn2c(I)cccc2n1. The van der Waals surface area contributed by atoms with E-state index in [1.54, 1.807) is 0 Å². The zero-order chi connectivity index (χ0) is 8.55. The molecule has 2 aromatic rings. The number of hydrogen-bond acceptors (Lipinski definition) is 2. The lowest BCUT2D eigenvalue weighted by molar-refractivity contribution is 1.01. The fourth-order valence-electron chi connectivity index (χ4n) is 1.13. The number of aromatic nitrogens is 2. The number of nitrogens with two attached hydrogens (primary N) is 1. The van der Waals surface area contributed by atoms with Gasteiger partial charge in [0.1, 0.15) is 5.65 Å². The van der Waals surface area contributed by atoms with Gasteiger partial charge >= 0.3 is 0 Å². The van der Waals surface area contributed by atoms with Gasteiger partial charge < -0.3 is 5.73 Å². The second-order valence-electron chi connectivity index (χ2n) is 2.51. The molecule has 2 rings (SSSR count). The van der Waals surface area contributed by atoms with Crippen LogP contribution in [0.1, 0.15) is 5.69 Å². The molecule has 0 atom stereocenters. The van der Waals surface area contributed by atoms with Crippen LogP contribution in [-0.4, -0.2) is 9.38 Å². The van der Waals surface area contributed by atoms with E-state index < -0.39 is 0 Å². The first-order valence-corrected chi connectivity index (χ1v) is 4.71. The molecule has 0 bridgehead atoms. The molecule has 62 valence electrons. The summed E-state index contributed by atoms with van der Waals surface area (Å²) in [5.41, 5.74) is 7.38. The summed E-state index contributed by atoms with van der Waals surface area (Å²) < 4.78 is 3.18. The highest BCUT2D eigenvalue weighted by molar-refractivity contribution is 14.1. The topological polar surface area (TPSA) is 43.3 Å². The summed E-state index contributed by atoms with van der Waals surface area (Å²) >= 11 is 2.27. The zero-order valence-corrected chi connectivity index (χ0v) is 8.52. The number of rotatable bonds is 1. The Morgan fingerprint density at radius 2 is 2.33 bits per heavy atom. The first kappa shape index (κ1) is 8.00. The Bertz CT molecular complexity index is 408. The smallest absolute Gasteiger partial charge is 0.137 e. The molecule has 0 fully saturated rings. The molecule has 3 nitrogen and oxygen atoms in total. The van der Waals surface area contributed by atoms with Crippen LogP contribution in [0, 0.1) is 3.70 Å². The lowest BCUT2D eigenvalue weighted by Gasteiger charge is -1.93. The van der Waals surface area contributed by atoms with E-state index in [0.717, 1.165) is 15.0 Å². The van der Waals surface area contributed by atoms with Crippen molar-refractivity contribution in [1.29, 1.82) is 0 Å². The van der Waals surface area contributed by atoms with Crippen LogP contribution in [0.15, 0.2) is 24.4 Å². The summed E-state index contributed by atoms with van der Waals surface area (Å²) in [6, 6.07) is 6.00. The predicted molar refractivity (Wildman–Crippen MR) is 55.8 cm³/mol. The van der Waals surface area contributed by atoms with Crippen LogP contribution in [0.25, 0.3) is 5.65 Å². The molecule has 0 spiro atoms. The van der Waals surface area contributed by atoms with E-state index in [4.69, 9.17) is 5.73 Å². The minimum absolute atomic E-state index is 0.498. The summed E-state index contributed by atoms with van der Waals surface area (Å²) in [6.07, 6.45) is 1.97. The van der Waals surface area contributed by atoms with Gasteiger partial charge in [0.2, 0.25) is 0 Å². The summed E-state index contributed by atoms with van der Waals surface area (Å²) in [6.45, 7) is 0.498. The highest BCUT2D eigenvalue weighted by Crippen LogP contribution is 2.10. The van der Waals surface area contributed by atoms with Crippen molar-refractivity contribution >= 4 is 28.2 Å². The van der Waals surface area contributed by atoms with E-state index in [1.807, 2.05) is 28.8 Å². The fraction of sp³-hybridized carbons (Fsp3) is 0.125. The van der Waals surface area contributed by atoms with Crippen molar-refractivity contribution in [3.8, 4) is 0 Å². The molecule has 0 amide bonds. The van der Waals surface area contributed by atoms with Crippen LogP contribution < -0.4 is 5.73 Å². The molecular formula is C8H8IN3. The summed E-state index contributed by atoms with van der Waals surface area (Å²) in [4.78, 5) is 4.33. The summed E-state index contributed by atoms with van der Waals surface area (Å²) in [7, 11) is 0. The third-order valence-corrected chi connectivity index (χ3v) is 2.58. The molecule has 12 heavy (non-hydrogen) atoms. The molecule has 0 aromatic carbocycles. The van der Waals surface area contributed by atoms with Crippen molar-refractivity contribution in [2.45, 2.75) is 6.54 Å². The van der Waals surface area contributed by atoms with E-state index in [1.165, 1.54) is 0 Å². The van der Waals surface area contributed by atoms with Crippen LogP contribution in [0.4, 0.5) is 0 Å². The molecule has 2 heterocycles. The molecule has 0 aliphatic carbocycles. The molecule has 0 saturated carbocycles. The Morgan fingerprint density at radius 1 is 1.50 bits per heavy atom.